The van der Waals surface area contributed by atoms with Gasteiger partial charge in [0.05, 0.1) is 12.7 Å². The molecular weight excluding hydrogens is 175 g/mol. The maximum Gasteiger partial charge on any atom is 0.257 e. The lowest BCUT2D eigenvalue weighted by Crippen LogP contribution is -2.38. The standard InChI is InChI=1S/C8H11FN2O2/c1-8(2,9)7(12)10-5-6-3-4-11-13-6/h3-4H,5H2,1-2H3,(H,10,12). The van der Waals surface area contributed by atoms with Crippen LogP contribution in [-0.4, -0.2) is 16.7 Å². The van der Waals surface area contributed by atoms with Crippen LogP contribution in [-0.2, 0) is 11.3 Å². The highest BCUT2D eigenvalue weighted by Gasteiger charge is 2.26. The van der Waals surface area contributed by atoms with Gasteiger partial charge in [0.15, 0.2) is 11.4 Å². The van der Waals surface area contributed by atoms with Crippen molar-refractivity contribution in [3.63, 3.8) is 0 Å². The maximum atomic E-state index is 13.0. The summed E-state index contributed by atoms with van der Waals surface area (Å²) in [4.78, 5) is 11.0. The quantitative estimate of drug-likeness (QED) is 0.767. The number of hydrogen-bond donors (Lipinski definition) is 1. The van der Waals surface area contributed by atoms with Crippen molar-refractivity contribution in [1.82, 2.24) is 10.5 Å². The number of alkyl halides is 1. The summed E-state index contributed by atoms with van der Waals surface area (Å²) in [5.74, 6) is -0.165. The van der Waals surface area contributed by atoms with Gasteiger partial charge in [0.2, 0.25) is 0 Å². The first-order chi connectivity index (χ1) is 6.00. The summed E-state index contributed by atoms with van der Waals surface area (Å²) in [5.41, 5.74) is -1.86. The first-order valence-corrected chi connectivity index (χ1v) is 3.87. The van der Waals surface area contributed by atoms with Crippen LogP contribution in [0.4, 0.5) is 4.39 Å². The van der Waals surface area contributed by atoms with Crippen molar-refractivity contribution in [2.75, 3.05) is 0 Å². The van der Waals surface area contributed by atoms with Gasteiger partial charge in [0.25, 0.3) is 5.91 Å². The molecule has 0 aliphatic carbocycles. The van der Waals surface area contributed by atoms with Crippen LogP contribution in [0.1, 0.15) is 19.6 Å². The number of aromatic nitrogens is 1. The largest absolute Gasteiger partial charge is 0.360 e. The normalized spacial score (nSPS) is 11.3. The van der Waals surface area contributed by atoms with Crippen molar-refractivity contribution in [3.8, 4) is 0 Å². The molecule has 0 aliphatic heterocycles. The number of carbonyl (C=O) groups is 1. The predicted octanol–water partition coefficient (Wildman–Crippen LogP) is 1.04. The monoisotopic (exact) mass is 186 g/mol. The summed E-state index contributed by atoms with van der Waals surface area (Å²) < 4.78 is 17.7. The van der Waals surface area contributed by atoms with Crippen LogP contribution in [0.25, 0.3) is 0 Å². The molecule has 1 aromatic heterocycles. The molecule has 1 heterocycles. The van der Waals surface area contributed by atoms with Gasteiger partial charge < -0.3 is 9.84 Å². The molecule has 5 heteroatoms. The van der Waals surface area contributed by atoms with Crippen LogP contribution in [0.15, 0.2) is 16.8 Å². The molecule has 0 bridgehead atoms. The molecule has 0 saturated heterocycles. The molecule has 13 heavy (non-hydrogen) atoms. The van der Waals surface area contributed by atoms with Crippen molar-refractivity contribution in [3.05, 3.63) is 18.0 Å². The van der Waals surface area contributed by atoms with Crippen LogP contribution < -0.4 is 5.32 Å². The number of rotatable bonds is 3. The summed E-state index contributed by atoms with van der Waals surface area (Å²) >= 11 is 0. The molecule has 0 spiro atoms. The van der Waals surface area contributed by atoms with Gasteiger partial charge in [-0.3, -0.25) is 4.79 Å². The Morgan fingerprint density at radius 3 is 2.92 bits per heavy atom. The summed E-state index contributed by atoms with van der Waals surface area (Å²) in [6.45, 7) is 2.55. The molecule has 1 N–H and O–H groups in total. The van der Waals surface area contributed by atoms with Crippen molar-refractivity contribution in [2.24, 2.45) is 0 Å². The van der Waals surface area contributed by atoms with E-state index in [1.807, 2.05) is 0 Å². The van der Waals surface area contributed by atoms with E-state index in [4.69, 9.17) is 4.52 Å². The zero-order valence-corrected chi connectivity index (χ0v) is 7.50. The van der Waals surface area contributed by atoms with E-state index in [-0.39, 0.29) is 6.54 Å². The minimum Gasteiger partial charge on any atom is -0.360 e. The highest BCUT2D eigenvalue weighted by Crippen LogP contribution is 2.08. The number of nitrogens with zero attached hydrogens (tertiary/aromatic N) is 1. The molecule has 1 rings (SSSR count). The van der Waals surface area contributed by atoms with Crippen molar-refractivity contribution < 1.29 is 13.7 Å². The second-order valence-electron chi connectivity index (χ2n) is 3.13. The van der Waals surface area contributed by atoms with Crippen molar-refractivity contribution in [1.29, 1.82) is 0 Å². The fourth-order valence-electron chi connectivity index (χ4n) is 0.711. The molecule has 0 aliphatic rings. The van der Waals surface area contributed by atoms with E-state index in [1.165, 1.54) is 20.0 Å². The molecular formula is C8H11FN2O2. The third-order valence-corrected chi connectivity index (χ3v) is 1.45. The van der Waals surface area contributed by atoms with Crippen LogP contribution >= 0.6 is 0 Å². The second-order valence-corrected chi connectivity index (χ2v) is 3.13. The van der Waals surface area contributed by atoms with E-state index in [1.54, 1.807) is 6.07 Å². The summed E-state index contributed by atoms with van der Waals surface area (Å²) in [5, 5.41) is 5.82. The smallest absolute Gasteiger partial charge is 0.257 e. The predicted molar refractivity (Wildman–Crippen MR) is 43.5 cm³/mol. The van der Waals surface area contributed by atoms with Gasteiger partial charge in [-0.1, -0.05) is 5.16 Å². The third-order valence-electron chi connectivity index (χ3n) is 1.45. The summed E-state index contributed by atoms with van der Waals surface area (Å²) in [6.07, 6.45) is 1.46. The molecule has 0 aromatic carbocycles. The molecule has 0 atom stereocenters. The Morgan fingerprint density at radius 2 is 2.46 bits per heavy atom. The zero-order valence-electron chi connectivity index (χ0n) is 7.50. The van der Waals surface area contributed by atoms with Gasteiger partial charge in [0.1, 0.15) is 0 Å². The van der Waals surface area contributed by atoms with Gasteiger partial charge in [-0.05, 0) is 13.8 Å². The fraction of sp³-hybridized carbons (Fsp3) is 0.500. The van der Waals surface area contributed by atoms with Crippen LogP contribution in [0.2, 0.25) is 0 Å². The number of nitrogens with one attached hydrogen (secondary N) is 1. The van der Waals surface area contributed by atoms with E-state index in [2.05, 4.69) is 10.5 Å². The van der Waals surface area contributed by atoms with Crippen molar-refractivity contribution >= 4 is 5.91 Å². The van der Waals surface area contributed by atoms with Crippen LogP contribution in [0.3, 0.4) is 0 Å². The van der Waals surface area contributed by atoms with Gasteiger partial charge >= 0.3 is 0 Å². The van der Waals surface area contributed by atoms with Gasteiger partial charge in [-0.15, -0.1) is 0 Å². The third kappa shape index (κ3) is 2.85. The Balaban J connectivity index is 2.40. The number of carbonyl (C=O) groups excluding carboxylic acids is 1. The molecule has 4 nitrogen and oxygen atoms in total. The van der Waals surface area contributed by atoms with E-state index in [0.29, 0.717) is 5.76 Å². The molecule has 1 amide bonds. The minimum absolute atomic E-state index is 0.159. The van der Waals surface area contributed by atoms with Gasteiger partial charge in [-0.2, -0.15) is 0 Å². The highest BCUT2D eigenvalue weighted by molar-refractivity contribution is 5.83. The molecule has 0 saturated carbocycles. The lowest BCUT2D eigenvalue weighted by Gasteiger charge is -2.12. The first-order valence-electron chi connectivity index (χ1n) is 3.87. The molecule has 0 radical (unpaired) electrons. The highest BCUT2D eigenvalue weighted by atomic mass is 19.1. The minimum atomic E-state index is -1.86. The average molecular weight is 186 g/mol. The Morgan fingerprint density at radius 1 is 1.77 bits per heavy atom. The van der Waals surface area contributed by atoms with Gasteiger partial charge in [0, 0.05) is 6.07 Å². The lowest BCUT2D eigenvalue weighted by molar-refractivity contribution is -0.131. The molecule has 0 unspecified atom stereocenters. The van der Waals surface area contributed by atoms with E-state index in [0.717, 1.165) is 0 Å². The van der Waals surface area contributed by atoms with Crippen LogP contribution in [0.5, 0.6) is 0 Å². The Kier molecular flexibility index (Phi) is 2.65. The van der Waals surface area contributed by atoms with Crippen molar-refractivity contribution in [2.45, 2.75) is 26.1 Å². The maximum absolute atomic E-state index is 13.0. The van der Waals surface area contributed by atoms with Crippen LogP contribution in [0, 0.1) is 0 Å². The first kappa shape index (κ1) is 9.70. The van der Waals surface area contributed by atoms with Gasteiger partial charge in [-0.25, -0.2) is 4.39 Å². The Labute approximate surface area is 75.1 Å². The van der Waals surface area contributed by atoms with E-state index in [9.17, 15) is 9.18 Å². The average Bonchev–Trinajstić information content (AvgIpc) is 2.50. The van der Waals surface area contributed by atoms with E-state index < -0.39 is 11.6 Å². The molecule has 0 fully saturated rings. The summed E-state index contributed by atoms with van der Waals surface area (Å²) in [6, 6.07) is 1.60. The second kappa shape index (κ2) is 3.55. The fourth-order valence-corrected chi connectivity index (χ4v) is 0.711. The Bertz CT molecular complexity index is 277. The number of hydrogen-bond acceptors (Lipinski definition) is 3. The zero-order chi connectivity index (χ0) is 9.90. The number of halogens is 1. The number of amides is 1. The molecule has 1 aromatic rings. The Hall–Kier alpha value is -1.39. The van der Waals surface area contributed by atoms with E-state index >= 15 is 0 Å². The SMILES string of the molecule is CC(C)(F)C(=O)NCc1ccno1. The molecule has 72 valence electrons. The lowest BCUT2D eigenvalue weighted by atomic mass is 10.1. The summed E-state index contributed by atoms with van der Waals surface area (Å²) in [7, 11) is 0. The topological polar surface area (TPSA) is 55.1 Å².